The van der Waals surface area contributed by atoms with E-state index in [1.165, 1.54) is 31.0 Å². The third-order valence-electron chi connectivity index (χ3n) is 6.11. The number of imidazole rings is 1. The molecule has 2 atom stereocenters. The van der Waals surface area contributed by atoms with Gasteiger partial charge in [0.25, 0.3) is 0 Å². The fourth-order valence-corrected chi connectivity index (χ4v) is 5.28. The number of nitrogens with one attached hydrogen (secondary N) is 3. The Hall–Kier alpha value is -3.40. The number of anilines is 1. The molecule has 0 aliphatic heterocycles. The zero-order chi connectivity index (χ0) is 22.8. The summed E-state index contributed by atoms with van der Waals surface area (Å²) in [6.45, 7) is 2.28. The van der Waals surface area contributed by atoms with Crippen LogP contribution in [0.5, 0.6) is 0 Å². The van der Waals surface area contributed by atoms with Crippen molar-refractivity contribution in [3.63, 3.8) is 0 Å². The average Bonchev–Trinajstić information content (AvgIpc) is 3.41. The molecule has 1 fully saturated rings. The van der Waals surface area contributed by atoms with Gasteiger partial charge >= 0.3 is 5.69 Å². The Morgan fingerprint density at radius 1 is 1.18 bits per heavy atom. The van der Waals surface area contributed by atoms with E-state index in [0.717, 1.165) is 23.0 Å². The first-order chi connectivity index (χ1) is 16.1. The van der Waals surface area contributed by atoms with E-state index in [-0.39, 0.29) is 17.3 Å². The van der Waals surface area contributed by atoms with E-state index in [4.69, 9.17) is 0 Å². The number of rotatable bonds is 6. The Kier molecular flexibility index (Phi) is 5.99. The van der Waals surface area contributed by atoms with E-state index < -0.39 is 0 Å². The molecule has 0 unspecified atom stereocenters. The number of hydrogen-bond donors (Lipinski definition) is 3. The lowest BCUT2D eigenvalue weighted by Gasteiger charge is -2.31. The average molecular weight is 464 g/mol. The molecule has 33 heavy (non-hydrogen) atoms. The van der Waals surface area contributed by atoms with Crippen molar-refractivity contribution in [1.82, 2.24) is 29.7 Å². The molecule has 0 spiro atoms. The highest BCUT2D eigenvalue weighted by Gasteiger charge is 2.29. The predicted octanol–water partition coefficient (Wildman–Crippen LogP) is 3.99. The minimum absolute atomic E-state index is 0.147. The number of hydrogen-bond acceptors (Lipinski definition) is 6. The maximum Gasteiger partial charge on any atom is 0.323 e. The second kappa shape index (κ2) is 9.22. The quantitative estimate of drug-likeness (QED) is 0.372. The van der Waals surface area contributed by atoms with Crippen molar-refractivity contribution in [2.24, 2.45) is 5.92 Å². The molecule has 0 radical (unpaired) electrons. The summed E-state index contributed by atoms with van der Waals surface area (Å²) >= 11 is 1.39. The van der Waals surface area contributed by atoms with Crippen LogP contribution in [0.1, 0.15) is 38.6 Å². The van der Waals surface area contributed by atoms with Crippen molar-refractivity contribution in [2.75, 3.05) is 11.1 Å². The molecule has 1 saturated carbocycles. The van der Waals surface area contributed by atoms with E-state index in [1.54, 1.807) is 30.6 Å². The van der Waals surface area contributed by atoms with Crippen molar-refractivity contribution in [3.05, 3.63) is 53.2 Å². The third-order valence-corrected chi connectivity index (χ3v) is 7.06. The largest absolute Gasteiger partial charge is 0.325 e. The summed E-state index contributed by atoms with van der Waals surface area (Å²) in [4.78, 5) is 33.8. The van der Waals surface area contributed by atoms with Crippen LogP contribution in [0.15, 0.2) is 52.7 Å². The standard InChI is InChI=1S/C23H25N7O2S/c1-14-5-2-3-7-19(14)30-21(15-6-4-10-24-12-15)28-29-23(30)33-13-20(31)25-16-8-9-17-18(11-16)27-22(32)26-17/h4,6,8-12,14,19H,2-3,5,7,13H2,1H3,(H,25,31)(H2,26,27,32)/t14-,19-/m0/s1. The van der Waals surface area contributed by atoms with Gasteiger partial charge in [0.1, 0.15) is 0 Å². The molecule has 1 aliphatic rings. The molecule has 0 bridgehead atoms. The van der Waals surface area contributed by atoms with Gasteiger partial charge in [0.05, 0.1) is 16.8 Å². The number of H-pyrrole nitrogens is 2. The van der Waals surface area contributed by atoms with Gasteiger partial charge in [-0.2, -0.15) is 0 Å². The summed E-state index contributed by atoms with van der Waals surface area (Å²) < 4.78 is 2.20. The number of carbonyl (C=O) groups excluding carboxylic acids is 1. The van der Waals surface area contributed by atoms with Gasteiger partial charge in [-0.3, -0.25) is 14.3 Å². The molecule has 3 N–H and O–H groups in total. The van der Waals surface area contributed by atoms with Crippen molar-refractivity contribution in [2.45, 2.75) is 43.8 Å². The number of thioether (sulfide) groups is 1. The summed E-state index contributed by atoms with van der Waals surface area (Å²) in [5, 5.41) is 12.6. The van der Waals surface area contributed by atoms with Crippen LogP contribution >= 0.6 is 11.8 Å². The van der Waals surface area contributed by atoms with Crippen molar-refractivity contribution < 1.29 is 4.79 Å². The maximum absolute atomic E-state index is 12.7. The predicted molar refractivity (Wildman–Crippen MR) is 128 cm³/mol. The molecule has 1 amide bonds. The highest BCUT2D eigenvalue weighted by Crippen LogP contribution is 2.38. The van der Waals surface area contributed by atoms with Gasteiger partial charge in [0, 0.05) is 29.7 Å². The summed E-state index contributed by atoms with van der Waals surface area (Å²) in [7, 11) is 0. The van der Waals surface area contributed by atoms with E-state index in [0.29, 0.717) is 28.7 Å². The van der Waals surface area contributed by atoms with E-state index >= 15 is 0 Å². The monoisotopic (exact) mass is 463 g/mol. The number of amides is 1. The summed E-state index contributed by atoms with van der Waals surface area (Å²) in [6, 6.07) is 9.44. The van der Waals surface area contributed by atoms with E-state index in [9.17, 15) is 9.59 Å². The number of carbonyl (C=O) groups is 1. The van der Waals surface area contributed by atoms with Crippen LogP contribution in [0.4, 0.5) is 5.69 Å². The van der Waals surface area contributed by atoms with Crippen LogP contribution in [-0.2, 0) is 4.79 Å². The zero-order valence-electron chi connectivity index (χ0n) is 18.2. The van der Waals surface area contributed by atoms with E-state index in [2.05, 4.69) is 42.0 Å². The lowest BCUT2D eigenvalue weighted by Crippen LogP contribution is -2.23. The van der Waals surface area contributed by atoms with Gasteiger partial charge in [0.2, 0.25) is 5.91 Å². The second-order valence-corrected chi connectivity index (χ2v) is 9.37. The fraction of sp³-hybridized carbons (Fsp3) is 0.348. The summed E-state index contributed by atoms with van der Waals surface area (Å²) in [6.07, 6.45) is 8.20. The lowest BCUT2D eigenvalue weighted by molar-refractivity contribution is -0.113. The minimum atomic E-state index is -0.273. The van der Waals surface area contributed by atoms with Gasteiger partial charge in [-0.05, 0) is 49.1 Å². The first kappa shape index (κ1) is 21.4. The number of aromatic nitrogens is 6. The van der Waals surface area contributed by atoms with Crippen molar-refractivity contribution in [1.29, 1.82) is 0 Å². The number of nitrogens with zero attached hydrogens (tertiary/aromatic N) is 4. The molecule has 1 aliphatic carbocycles. The Balaban J connectivity index is 1.35. The van der Waals surface area contributed by atoms with Gasteiger partial charge in [0.15, 0.2) is 11.0 Å². The maximum atomic E-state index is 12.7. The molecule has 3 heterocycles. The third kappa shape index (κ3) is 4.56. The molecular formula is C23H25N7O2S. The summed E-state index contributed by atoms with van der Waals surface area (Å²) in [5.74, 6) is 1.36. The molecular weight excluding hydrogens is 438 g/mol. The van der Waals surface area contributed by atoms with Crippen LogP contribution in [-0.4, -0.2) is 41.4 Å². The molecule has 3 aromatic heterocycles. The molecule has 170 valence electrons. The Morgan fingerprint density at radius 2 is 2.03 bits per heavy atom. The highest BCUT2D eigenvalue weighted by atomic mass is 32.2. The highest BCUT2D eigenvalue weighted by molar-refractivity contribution is 7.99. The zero-order valence-corrected chi connectivity index (χ0v) is 19.1. The number of fused-ring (bicyclic) bond motifs is 1. The van der Waals surface area contributed by atoms with Crippen LogP contribution in [0.3, 0.4) is 0 Å². The molecule has 0 saturated heterocycles. The van der Waals surface area contributed by atoms with Crippen molar-refractivity contribution in [3.8, 4) is 11.4 Å². The Bertz CT molecular complexity index is 1330. The normalized spacial score (nSPS) is 18.5. The number of pyridine rings is 1. The van der Waals surface area contributed by atoms with Crippen molar-refractivity contribution >= 4 is 34.4 Å². The Labute approximate surface area is 194 Å². The fourth-order valence-electron chi connectivity index (χ4n) is 4.48. The second-order valence-electron chi connectivity index (χ2n) is 8.42. The molecule has 4 aromatic rings. The topological polar surface area (TPSA) is 121 Å². The smallest absolute Gasteiger partial charge is 0.323 e. The van der Waals surface area contributed by atoms with Gasteiger partial charge in [-0.1, -0.05) is 31.5 Å². The molecule has 1 aromatic carbocycles. The number of benzene rings is 1. The van der Waals surface area contributed by atoms with Crippen LogP contribution in [0.2, 0.25) is 0 Å². The van der Waals surface area contributed by atoms with E-state index in [1.807, 2.05) is 12.1 Å². The van der Waals surface area contributed by atoms with Crippen LogP contribution in [0.25, 0.3) is 22.4 Å². The first-order valence-electron chi connectivity index (χ1n) is 11.1. The van der Waals surface area contributed by atoms with Gasteiger partial charge in [-0.25, -0.2) is 4.79 Å². The Morgan fingerprint density at radius 3 is 2.85 bits per heavy atom. The number of aromatic amines is 2. The molecule has 10 heteroatoms. The van der Waals surface area contributed by atoms with Gasteiger partial charge < -0.3 is 15.3 Å². The first-order valence-corrected chi connectivity index (χ1v) is 12.1. The SMILES string of the molecule is C[C@H]1CCCC[C@@H]1n1c(SCC(=O)Nc2ccc3[nH]c(=O)[nH]c3c2)nnc1-c1cccnc1. The summed E-state index contributed by atoms with van der Waals surface area (Å²) in [5.41, 5.74) is 2.63. The molecule has 9 nitrogen and oxygen atoms in total. The van der Waals surface area contributed by atoms with Crippen LogP contribution in [0, 0.1) is 5.92 Å². The van der Waals surface area contributed by atoms with Gasteiger partial charge in [-0.15, -0.1) is 10.2 Å². The lowest BCUT2D eigenvalue weighted by atomic mass is 9.85. The minimum Gasteiger partial charge on any atom is -0.325 e. The molecule has 5 rings (SSSR count). The van der Waals surface area contributed by atoms with Crippen LogP contribution < -0.4 is 11.0 Å².